The summed E-state index contributed by atoms with van der Waals surface area (Å²) in [6.45, 7) is 6.66. The Labute approximate surface area is 138 Å². The second kappa shape index (κ2) is 7.09. The van der Waals surface area contributed by atoms with Gasteiger partial charge in [-0.2, -0.15) is 5.26 Å². The Morgan fingerprint density at radius 3 is 2.96 bits per heavy atom. The third-order valence-corrected chi connectivity index (χ3v) is 4.89. The molecule has 0 spiro atoms. The molecule has 124 valence electrons. The summed E-state index contributed by atoms with van der Waals surface area (Å²) in [5, 5.41) is 9.30. The van der Waals surface area contributed by atoms with E-state index in [2.05, 4.69) is 4.98 Å². The average Bonchev–Trinajstić information content (AvgIpc) is 2.94. The first-order chi connectivity index (χ1) is 10.8. The molecule has 0 N–H and O–H groups in total. The Kier molecular flexibility index (Phi) is 5.37. The maximum Gasteiger partial charge on any atom is 0.410 e. The standard InChI is InChI=1S/C16H21N3O3S/c1-16(2,3)22-15(20)19-7-5-13(10-19)11-23(21)14-8-12(9-17)4-6-18-14/h4,6,8,13H,5,7,10-11H2,1-3H3/t13-,23-/m0/s1. The molecule has 0 aromatic carbocycles. The highest BCUT2D eigenvalue weighted by molar-refractivity contribution is 7.84. The number of amides is 1. The molecule has 2 rings (SSSR count). The summed E-state index contributed by atoms with van der Waals surface area (Å²) in [6.07, 6.45) is 1.96. The number of hydrogen-bond donors (Lipinski definition) is 0. The zero-order valence-corrected chi connectivity index (χ0v) is 14.4. The van der Waals surface area contributed by atoms with Crippen LogP contribution in [0.3, 0.4) is 0 Å². The van der Waals surface area contributed by atoms with Gasteiger partial charge in [-0.05, 0) is 45.2 Å². The SMILES string of the molecule is CC(C)(C)OC(=O)N1CC[C@H](C[S@](=O)c2cc(C#N)ccn2)C1. The van der Waals surface area contributed by atoms with Crippen LogP contribution in [0.1, 0.15) is 32.8 Å². The van der Waals surface area contributed by atoms with E-state index >= 15 is 0 Å². The minimum Gasteiger partial charge on any atom is -0.444 e. The molecule has 0 unspecified atom stereocenters. The number of likely N-dealkylation sites (tertiary alicyclic amines) is 1. The van der Waals surface area contributed by atoms with Crippen molar-refractivity contribution in [2.24, 2.45) is 5.92 Å². The maximum atomic E-state index is 12.4. The first kappa shape index (κ1) is 17.4. The zero-order chi connectivity index (χ0) is 17.0. The van der Waals surface area contributed by atoms with Crippen LogP contribution in [0, 0.1) is 17.2 Å². The molecule has 1 aliphatic heterocycles. The number of carbonyl (C=O) groups is 1. The first-order valence-corrected chi connectivity index (χ1v) is 8.83. The number of pyridine rings is 1. The third-order valence-electron chi connectivity index (χ3n) is 3.42. The maximum absolute atomic E-state index is 12.4. The summed E-state index contributed by atoms with van der Waals surface area (Å²) in [6, 6.07) is 5.15. The van der Waals surface area contributed by atoms with Crippen molar-refractivity contribution >= 4 is 16.9 Å². The quantitative estimate of drug-likeness (QED) is 0.846. The van der Waals surface area contributed by atoms with Gasteiger partial charge in [0.15, 0.2) is 0 Å². The Morgan fingerprint density at radius 2 is 2.30 bits per heavy atom. The molecule has 1 fully saturated rings. The molecule has 0 saturated carbocycles. The molecule has 1 aromatic rings. The second-order valence-corrected chi connectivity index (χ2v) is 8.03. The van der Waals surface area contributed by atoms with E-state index in [1.165, 1.54) is 6.20 Å². The fraction of sp³-hybridized carbons (Fsp3) is 0.562. The molecular formula is C16H21N3O3S. The fourth-order valence-electron chi connectivity index (χ4n) is 2.36. The molecule has 0 bridgehead atoms. The van der Waals surface area contributed by atoms with Gasteiger partial charge in [-0.25, -0.2) is 9.78 Å². The van der Waals surface area contributed by atoms with Crippen LogP contribution in [0.4, 0.5) is 4.79 Å². The molecule has 2 heterocycles. The van der Waals surface area contributed by atoms with Crippen molar-refractivity contribution in [2.75, 3.05) is 18.8 Å². The van der Waals surface area contributed by atoms with Crippen LogP contribution in [-0.2, 0) is 15.5 Å². The number of ether oxygens (including phenoxy) is 1. The van der Waals surface area contributed by atoms with Gasteiger partial charge in [0.25, 0.3) is 0 Å². The van der Waals surface area contributed by atoms with Crippen LogP contribution < -0.4 is 0 Å². The van der Waals surface area contributed by atoms with E-state index < -0.39 is 16.4 Å². The number of carbonyl (C=O) groups excluding carboxylic acids is 1. The van der Waals surface area contributed by atoms with Crippen molar-refractivity contribution in [3.8, 4) is 6.07 Å². The number of rotatable bonds is 3. The molecule has 1 aliphatic rings. The van der Waals surface area contributed by atoms with E-state index in [9.17, 15) is 9.00 Å². The molecule has 6 nitrogen and oxygen atoms in total. The van der Waals surface area contributed by atoms with E-state index in [-0.39, 0.29) is 12.0 Å². The normalized spacial score (nSPS) is 19.2. The number of aromatic nitrogens is 1. The van der Waals surface area contributed by atoms with Gasteiger partial charge in [-0.1, -0.05) is 0 Å². The lowest BCUT2D eigenvalue weighted by molar-refractivity contribution is 0.0289. The molecule has 0 aliphatic carbocycles. The Hall–Kier alpha value is -1.94. The fourth-order valence-corrected chi connectivity index (χ4v) is 3.67. The minimum atomic E-state index is -1.27. The molecule has 7 heteroatoms. The summed E-state index contributed by atoms with van der Waals surface area (Å²) in [7, 11) is -1.27. The molecule has 2 atom stereocenters. The lowest BCUT2D eigenvalue weighted by atomic mass is 10.2. The predicted octanol–water partition coefficient (Wildman–Crippen LogP) is 2.32. The molecule has 1 aromatic heterocycles. The van der Waals surface area contributed by atoms with Crippen molar-refractivity contribution in [3.63, 3.8) is 0 Å². The van der Waals surface area contributed by atoms with Crippen LogP contribution in [0.2, 0.25) is 0 Å². The summed E-state index contributed by atoms with van der Waals surface area (Å²) < 4.78 is 17.7. The summed E-state index contributed by atoms with van der Waals surface area (Å²) >= 11 is 0. The van der Waals surface area contributed by atoms with Gasteiger partial charge in [0.05, 0.1) is 22.4 Å². The van der Waals surface area contributed by atoms with Gasteiger partial charge in [0.1, 0.15) is 10.6 Å². The van der Waals surface area contributed by atoms with Crippen LogP contribution in [0.15, 0.2) is 23.4 Å². The van der Waals surface area contributed by atoms with Crippen LogP contribution in [0.25, 0.3) is 0 Å². The lowest BCUT2D eigenvalue weighted by Crippen LogP contribution is -2.35. The minimum absolute atomic E-state index is 0.149. The van der Waals surface area contributed by atoms with Crippen LogP contribution in [0.5, 0.6) is 0 Å². The lowest BCUT2D eigenvalue weighted by Gasteiger charge is -2.24. The van der Waals surface area contributed by atoms with Crippen molar-refractivity contribution in [2.45, 2.75) is 37.8 Å². The molecular weight excluding hydrogens is 314 g/mol. The third kappa shape index (κ3) is 5.03. The van der Waals surface area contributed by atoms with Crippen molar-refractivity contribution in [1.29, 1.82) is 5.26 Å². The summed E-state index contributed by atoms with van der Waals surface area (Å²) in [4.78, 5) is 17.8. The monoisotopic (exact) mass is 335 g/mol. The highest BCUT2D eigenvalue weighted by atomic mass is 32.2. The molecule has 23 heavy (non-hydrogen) atoms. The topological polar surface area (TPSA) is 83.3 Å². The van der Waals surface area contributed by atoms with Crippen molar-refractivity contribution in [1.82, 2.24) is 9.88 Å². The largest absolute Gasteiger partial charge is 0.444 e. The zero-order valence-electron chi connectivity index (χ0n) is 13.6. The molecule has 1 saturated heterocycles. The number of nitrogens with zero attached hydrogens (tertiary/aromatic N) is 3. The predicted molar refractivity (Wildman–Crippen MR) is 86.1 cm³/mol. The first-order valence-electron chi connectivity index (χ1n) is 7.51. The van der Waals surface area contributed by atoms with Gasteiger partial charge in [0.2, 0.25) is 0 Å². The Bertz CT molecular complexity index is 649. The number of nitriles is 1. The summed E-state index contributed by atoms with van der Waals surface area (Å²) in [5.41, 5.74) is -0.0650. The van der Waals surface area contributed by atoms with E-state index in [1.54, 1.807) is 17.0 Å². The van der Waals surface area contributed by atoms with Gasteiger partial charge >= 0.3 is 6.09 Å². The number of hydrogen-bond acceptors (Lipinski definition) is 5. The van der Waals surface area contributed by atoms with Crippen LogP contribution >= 0.6 is 0 Å². The van der Waals surface area contributed by atoms with Gasteiger partial charge in [-0.3, -0.25) is 4.21 Å². The van der Waals surface area contributed by atoms with E-state index in [0.29, 0.717) is 29.4 Å². The van der Waals surface area contributed by atoms with E-state index in [4.69, 9.17) is 10.00 Å². The highest BCUT2D eigenvalue weighted by Crippen LogP contribution is 2.21. The van der Waals surface area contributed by atoms with Gasteiger partial charge in [-0.15, -0.1) is 0 Å². The molecule has 0 radical (unpaired) electrons. The smallest absolute Gasteiger partial charge is 0.410 e. The average molecular weight is 335 g/mol. The second-order valence-electron chi connectivity index (χ2n) is 6.59. The van der Waals surface area contributed by atoms with Crippen molar-refractivity contribution < 1.29 is 13.7 Å². The Morgan fingerprint density at radius 1 is 1.57 bits per heavy atom. The highest BCUT2D eigenvalue weighted by Gasteiger charge is 2.30. The van der Waals surface area contributed by atoms with E-state index in [0.717, 1.165) is 6.42 Å². The Balaban J connectivity index is 1.91. The summed E-state index contributed by atoms with van der Waals surface area (Å²) in [5.74, 6) is 0.581. The van der Waals surface area contributed by atoms with E-state index in [1.807, 2.05) is 26.8 Å². The van der Waals surface area contributed by atoms with Gasteiger partial charge in [0, 0.05) is 25.0 Å². The van der Waals surface area contributed by atoms with Crippen LogP contribution in [-0.4, -0.2) is 44.6 Å². The van der Waals surface area contributed by atoms with Gasteiger partial charge < -0.3 is 9.64 Å². The van der Waals surface area contributed by atoms with Crippen molar-refractivity contribution in [3.05, 3.63) is 23.9 Å². The molecule has 1 amide bonds.